The zero-order valence-corrected chi connectivity index (χ0v) is 11.2. The van der Waals surface area contributed by atoms with Crippen molar-refractivity contribution in [2.45, 2.75) is 17.7 Å². The Morgan fingerprint density at radius 3 is 2.69 bits per heavy atom. The molecular weight excluding hydrogens is 289 g/mol. The number of nitrogens with zero attached hydrogens (tertiary/aromatic N) is 1. The lowest BCUT2D eigenvalue weighted by molar-refractivity contribution is -0.129. The number of hydrogen-bond acceptors (Lipinski definition) is 1. The fraction of sp³-hybridized carbons (Fsp3) is 0.417. The van der Waals surface area contributed by atoms with E-state index in [9.17, 15) is 4.79 Å². The van der Waals surface area contributed by atoms with E-state index in [1.807, 2.05) is 29.2 Å². The summed E-state index contributed by atoms with van der Waals surface area (Å²) in [6, 6.07) is 7.45. The lowest BCUT2D eigenvalue weighted by atomic mass is 10.1. The molecule has 1 atom stereocenters. The zero-order chi connectivity index (χ0) is 11.5. The number of rotatable bonds is 2. The highest BCUT2D eigenvalue weighted by Gasteiger charge is 2.23. The molecule has 1 saturated heterocycles. The molecule has 1 fully saturated rings. The summed E-state index contributed by atoms with van der Waals surface area (Å²) in [5.41, 5.74) is 1.02. The van der Waals surface area contributed by atoms with Crippen LogP contribution in [-0.2, 0) is 11.2 Å². The van der Waals surface area contributed by atoms with E-state index < -0.39 is 0 Å². The maximum absolute atomic E-state index is 11.9. The maximum Gasteiger partial charge on any atom is 0.227 e. The summed E-state index contributed by atoms with van der Waals surface area (Å²) in [6.45, 7) is 1.69. The predicted molar refractivity (Wildman–Crippen MR) is 69.1 cm³/mol. The minimum Gasteiger partial charge on any atom is -0.341 e. The van der Waals surface area contributed by atoms with Gasteiger partial charge in [-0.15, -0.1) is 0 Å². The van der Waals surface area contributed by atoms with E-state index in [4.69, 9.17) is 11.6 Å². The molecule has 0 radical (unpaired) electrons. The fourth-order valence-electron chi connectivity index (χ4n) is 1.83. The number of halogens is 2. The summed E-state index contributed by atoms with van der Waals surface area (Å²) in [6.07, 6.45) is 1.52. The van der Waals surface area contributed by atoms with Crippen LogP contribution in [0.4, 0.5) is 0 Å². The van der Waals surface area contributed by atoms with Crippen molar-refractivity contribution < 1.29 is 4.79 Å². The average Bonchev–Trinajstić information content (AvgIpc) is 2.68. The third kappa shape index (κ3) is 2.98. The largest absolute Gasteiger partial charge is 0.341 e. The molecule has 2 nitrogen and oxygen atoms in total. The molecule has 1 aromatic rings. The van der Waals surface area contributed by atoms with Gasteiger partial charge in [-0.3, -0.25) is 4.79 Å². The topological polar surface area (TPSA) is 20.3 Å². The van der Waals surface area contributed by atoms with E-state index >= 15 is 0 Å². The van der Waals surface area contributed by atoms with Crippen molar-refractivity contribution in [3.05, 3.63) is 34.9 Å². The molecule has 0 saturated carbocycles. The Balaban J connectivity index is 1.94. The van der Waals surface area contributed by atoms with Gasteiger partial charge in [-0.2, -0.15) is 0 Å². The number of amides is 1. The van der Waals surface area contributed by atoms with E-state index in [2.05, 4.69) is 15.9 Å². The quantitative estimate of drug-likeness (QED) is 0.769. The first kappa shape index (κ1) is 11.9. The van der Waals surface area contributed by atoms with E-state index in [0.717, 1.165) is 25.1 Å². The molecule has 1 aliphatic rings. The van der Waals surface area contributed by atoms with E-state index in [1.165, 1.54) is 0 Å². The second kappa shape index (κ2) is 5.19. The van der Waals surface area contributed by atoms with Crippen molar-refractivity contribution in [2.75, 3.05) is 13.1 Å². The molecular formula is C12H13BrClNO. The summed E-state index contributed by atoms with van der Waals surface area (Å²) >= 11 is 9.32. The Hall–Kier alpha value is -0.540. The molecule has 86 valence electrons. The molecule has 0 bridgehead atoms. The van der Waals surface area contributed by atoms with Crippen molar-refractivity contribution in [3.8, 4) is 0 Å². The first-order valence-corrected chi connectivity index (χ1v) is 6.61. The van der Waals surface area contributed by atoms with Gasteiger partial charge in [0.2, 0.25) is 5.91 Å². The number of hydrogen-bond donors (Lipinski definition) is 0. The summed E-state index contributed by atoms with van der Waals surface area (Å²) < 4.78 is 0. The van der Waals surface area contributed by atoms with Crippen LogP contribution in [-0.4, -0.2) is 28.7 Å². The number of benzene rings is 1. The van der Waals surface area contributed by atoms with Crippen LogP contribution in [0.3, 0.4) is 0 Å². The third-order valence-electron chi connectivity index (χ3n) is 2.75. The van der Waals surface area contributed by atoms with Gasteiger partial charge in [0.1, 0.15) is 0 Å². The molecule has 0 N–H and O–H groups in total. The molecule has 2 rings (SSSR count). The minimum atomic E-state index is 0.198. The highest BCUT2D eigenvalue weighted by Crippen LogP contribution is 2.18. The molecule has 1 aliphatic heterocycles. The molecule has 1 unspecified atom stereocenters. The van der Waals surface area contributed by atoms with Gasteiger partial charge in [0, 0.05) is 22.9 Å². The number of alkyl halides is 1. The second-order valence-corrected chi connectivity index (χ2v) is 5.76. The van der Waals surface area contributed by atoms with Gasteiger partial charge in [0.15, 0.2) is 0 Å². The zero-order valence-electron chi connectivity index (χ0n) is 8.83. The van der Waals surface area contributed by atoms with Crippen molar-refractivity contribution in [3.63, 3.8) is 0 Å². The Bertz CT molecular complexity index is 379. The van der Waals surface area contributed by atoms with E-state index in [1.54, 1.807) is 0 Å². The normalized spacial score (nSPS) is 20.1. The van der Waals surface area contributed by atoms with Crippen LogP contribution >= 0.6 is 27.5 Å². The number of likely N-dealkylation sites (tertiary alicyclic amines) is 1. The molecule has 4 heteroatoms. The van der Waals surface area contributed by atoms with E-state index in [-0.39, 0.29) is 5.91 Å². The number of carbonyl (C=O) groups excluding carboxylic acids is 1. The van der Waals surface area contributed by atoms with Crippen molar-refractivity contribution >= 4 is 33.4 Å². The van der Waals surface area contributed by atoms with Crippen LogP contribution in [0.1, 0.15) is 12.0 Å². The van der Waals surface area contributed by atoms with Gasteiger partial charge < -0.3 is 4.90 Å². The van der Waals surface area contributed by atoms with E-state index in [0.29, 0.717) is 16.3 Å². The van der Waals surface area contributed by atoms with Crippen LogP contribution in [0.5, 0.6) is 0 Å². The van der Waals surface area contributed by atoms with Crippen LogP contribution in [0.25, 0.3) is 0 Å². The van der Waals surface area contributed by atoms with Gasteiger partial charge in [0.05, 0.1) is 6.42 Å². The Labute approximate surface area is 109 Å². The second-order valence-electron chi connectivity index (χ2n) is 4.03. The molecule has 1 heterocycles. The summed E-state index contributed by atoms with van der Waals surface area (Å²) in [5, 5.41) is 0.706. The molecule has 1 amide bonds. The number of carbonyl (C=O) groups is 1. The highest BCUT2D eigenvalue weighted by molar-refractivity contribution is 9.09. The van der Waals surface area contributed by atoms with Crippen molar-refractivity contribution in [1.82, 2.24) is 4.90 Å². The Morgan fingerprint density at radius 1 is 1.44 bits per heavy atom. The molecule has 0 aromatic heterocycles. The van der Waals surface area contributed by atoms with Gasteiger partial charge >= 0.3 is 0 Å². The average molecular weight is 303 g/mol. The first-order chi connectivity index (χ1) is 7.65. The van der Waals surface area contributed by atoms with Crippen LogP contribution < -0.4 is 0 Å². The smallest absolute Gasteiger partial charge is 0.227 e. The molecule has 16 heavy (non-hydrogen) atoms. The molecule has 0 aliphatic carbocycles. The predicted octanol–water partition coefficient (Wildman–Crippen LogP) is 2.88. The lowest BCUT2D eigenvalue weighted by Crippen LogP contribution is -2.30. The lowest BCUT2D eigenvalue weighted by Gasteiger charge is -2.15. The molecule has 0 spiro atoms. The van der Waals surface area contributed by atoms with Gasteiger partial charge in [-0.1, -0.05) is 39.7 Å². The Kier molecular flexibility index (Phi) is 3.87. The summed E-state index contributed by atoms with van der Waals surface area (Å²) in [5.74, 6) is 0.198. The molecule has 1 aromatic carbocycles. The van der Waals surface area contributed by atoms with Gasteiger partial charge in [0.25, 0.3) is 0 Å². The van der Waals surface area contributed by atoms with Crippen LogP contribution in [0, 0.1) is 0 Å². The van der Waals surface area contributed by atoms with Crippen LogP contribution in [0.15, 0.2) is 24.3 Å². The minimum absolute atomic E-state index is 0.198. The van der Waals surface area contributed by atoms with Gasteiger partial charge in [-0.25, -0.2) is 0 Å². The highest BCUT2D eigenvalue weighted by atomic mass is 79.9. The summed E-state index contributed by atoms with van der Waals surface area (Å²) in [4.78, 5) is 14.3. The maximum atomic E-state index is 11.9. The SMILES string of the molecule is O=C(Cc1ccc(Cl)cc1)N1CCC(Br)C1. The Morgan fingerprint density at radius 2 is 2.12 bits per heavy atom. The van der Waals surface area contributed by atoms with Gasteiger partial charge in [-0.05, 0) is 24.1 Å². The fourth-order valence-corrected chi connectivity index (χ4v) is 2.51. The standard InChI is InChI=1S/C12H13BrClNO/c13-10-5-6-15(8-10)12(16)7-9-1-3-11(14)4-2-9/h1-4,10H,5-8H2. The summed E-state index contributed by atoms with van der Waals surface area (Å²) in [7, 11) is 0. The van der Waals surface area contributed by atoms with Crippen molar-refractivity contribution in [1.29, 1.82) is 0 Å². The van der Waals surface area contributed by atoms with Crippen LogP contribution in [0.2, 0.25) is 5.02 Å². The monoisotopic (exact) mass is 301 g/mol. The first-order valence-electron chi connectivity index (χ1n) is 5.31. The third-order valence-corrected chi connectivity index (χ3v) is 3.75. The van der Waals surface area contributed by atoms with Crippen molar-refractivity contribution in [2.24, 2.45) is 0 Å².